The number of aliphatic hydroxyl groups is 1. The molecule has 0 aliphatic rings. The zero-order valence-electron chi connectivity index (χ0n) is 11.0. The van der Waals surface area contributed by atoms with Crippen molar-refractivity contribution in [3.8, 4) is 5.75 Å². The molecule has 20 heavy (non-hydrogen) atoms. The Morgan fingerprint density at radius 2 is 2.20 bits per heavy atom. The number of methoxy groups -OCH3 is 1. The van der Waals surface area contributed by atoms with Crippen LogP contribution in [0.2, 0.25) is 0 Å². The zero-order chi connectivity index (χ0) is 14.8. The molecule has 0 radical (unpaired) electrons. The summed E-state index contributed by atoms with van der Waals surface area (Å²) in [5.74, 6) is 0.642. The standard InChI is InChI=1S/C12H15N3O4S/c1-8-5-10(19-2)3-4-11(8)15-20(17,18)12-9(7-16)6-13-14-12/h3-6,15-16H,7H2,1-2H3,(H,13,14). The molecule has 0 saturated heterocycles. The van der Waals surface area contributed by atoms with Gasteiger partial charge in [-0.05, 0) is 30.7 Å². The lowest BCUT2D eigenvalue weighted by atomic mass is 10.2. The number of H-pyrrole nitrogens is 1. The van der Waals surface area contributed by atoms with Crippen LogP contribution in [0.3, 0.4) is 0 Å². The average molecular weight is 297 g/mol. The molecule has 3 N–H and O–H groups in total. The van der Waals surface area contributed by atoms with Gasteiger partial charge in [0.25, 0.3) is 10.0 Å². The van der Waals surface area contributed by atoms with Gasteiger partial charge < -0.3 is 9.84 Å². The number of hydrogen-bond donors (Lipinski definition) is 3. The number of aliphatic hydroxyl groups excluding tert-OH is 1. The third-order valence-corrected chi connectivity index (χ3v) is 4.17. The summed E-state index contributed by atoms with van der Waals surface area (Å²) >= 11 is 0. The maximum Gasteiger partial charge on any atom is 0.279 e. The molecular formula is C12H15N3O4S. The topological polar surface area (TPSA) is 104 Å². The summed E-state index contributed by atoms with van der Waals surface area (Å²) < 4.78 is 32.0. The van der Waals surface area contributed by atoms with Gasteiger partial charge in [0.15, 0.2) is 5.03 Å². The van der Waals surface area contributed by atoms with Crippen LogP contribution in [-0.2, 0) is 16.6 Å². The van der Waals surface area contributed by atoms with Gasteiger partial charge in [-0.1, -0.05) is 0 Å². The maximum absolute atomic E-state index is 12.2. The van der Waals surface area contributed by atoms with Crippen LogP contribution in [0.15, 0.2) is 29.4 Å². The summed E-state index contributed by atoms with van der Waals surface area (Å²) in [5, 5.41) is 14.9. The Bertz CT molecular complexity index is 709. The molecule has 2 aromatic rings. The van der Waals surface area contributed by atoms with Crippen LogP contribution in [0.5, 0.6) is 5.75 Å². The second-order valence-corrected chi connectivity index (χ2v) is 5.79. The van der Waals surface area contributed by atoms with Crippen LogP contribution >= 0.6 is 0 Å². The van der Waals surface area contributed by atoms with Gasteiger partial charge in [0, 0.05) is 5.56 Å². The summed E-state index contributed by atoms with van der Waals surface area (Å²) in [6.07, 6.45) is 1.27. The van der Waals surface area contributed by atoms with Gasteiger partial charge in [-0.15, -0.1) is 0 Å². The first kappa shape index (κ1) is 14.4. The van der Waals surface area contributed by atoms with E-state index in [2.05, 4.69) is 14.9 Å². The normalized spacial score (nSPS) is 11.3. The highest BCUT2D eigenvalue weighted by molar-refractivity contribution is 7.92. The lowest BCUT2D eigenvalue weighted by Crippen LogP contribution is -2.16. The Morgan fingerprint density at radius 1 is 1.45 bits per heavy atom. The van der Waals surface area contributed by atoms with Gasteiger partial charge in [-0.2, -0.15) is 13.5 Å². The number of anilines is 1. The predicted octanol–water partition coefficient (Wildman–Crippen LogP) is 1.02. The molecule has 0 spiro atoms. The van der Waals surface area contributed by atoms with E-state index in [0.29, 0.717) is 11.4 Å². The fourth-order valence-corrected chi connectivity index (χ4v) is 2.97. The fourth-order valence-electron chi connectivity index (χ4n) is 1.72. The van der Waals surface area contributed by atoms with Crippen LogP contribution in [0.4, 0.5) is 5.69 Å². The van der Waals surface area contributed by atoms with E-state index in [1.807, 2.05) is 0 Å². The molecule has 7 nitrogen and oxygen atoms in total. The molecule has 1 heterocycles. The highest BCUT2D eigenvalue weighted by Crippen LogP contribution is 2.24. The van der Waals surface area contributed by atoms with Crippen molar-refractivity contribution in [1.29, 1.82) is 0 Å². The van der Waals surface area contributed by atoms with Crippen LogP contribution in [0, 0.1) is 6.92 Å². The van der Waals surface area contributed by atoms with E-state index in [0.717, 1.165) is 5.56 Å². The number of benzene rings is 1. The lowest BCUT2D eigenvalue weighted by molar-refractivity contribution is 0.278. The van der Waals surface area contributed by atoms with Gasteiger partial charge in [0.05, 0.1) is 25.6 Å². The number of nitrogens with one attached hydrogen (secondary N) is 2. The van der Waals surface area contributed by atoms with Crippen molar-refractivity contribution < 1.29 is 18.3 Å². The Balaban J connectivity index is 2.34. The fraction of sp³-hybridized carbons (Fsp3) is 0.250. The molecule has 0 saturated carbocycles. The second kappa shape index (κ2) is 5.51. The number of aromatic nitrogens is 2. The third kappa shape index (κ3) is 2.75. The summed E-state index contributed by atoms with van der Waals surface area (Å²) in [6.45, 7) is 1.36. The van der Waals surface area contributed by atoms with Gasteiger partial charge >= 0.3 is 0 Å². The minimum Gasteiger partial charge on any atom is -0.497 e. The Labute approximate surface area is 116 Å². The van der Waals surface area contributed by atoms with E-state index in [9.17, 15) is 8.42 Å². The Morgan fingerprint density at radius 3 is 2.80 bits per heavy atom. The smallest absolute Gasteiger partial charge is 0.279 e. The van der Waals surface area contributed by atoms with Crippen molar-refractivity contribution in [3.63, 3.8) is 0 Å². The second-order valence-electron chi connectivity index (χ2n) is 4.17. The molecule has 0 aliphatic heterocycles. The van der Waals surface area contributed by atoms with E-state index in [-0.39, 0.29) is 10.6 Å². The predicted molar refractivity (Wildman–Crippen MR) is 73.1 cm³/mol. The summed E-state index contributed by atoms with van der Waals surface area (Å²) in [4.78, 5) is 0. The van der Waals surface area contributed by atoms with Crippen molar-refractivity contribution in [2.45, 2.75) is 18.6 Å². The molecule has 0 atom stereocenters. The van der Waals surface area contributed by atoms with Gasteiger partial charge in [0.1, 0.15) is 5.75 Å². The molecule has 0 aliphatic carbocycles. The third-order valence-electron chi connectivity index (χ3n) is 2.80. The number of aryl methyl sites for hydroxylation is 1. The first-order chi connectivity index (χ1) is 9.47. The van der Waals surface area contributed by atoms with Crippen LogP contribution in [0.25, 0.3) is 0 Å². The average Bonchev–Trinajstić information content (AvgIpc) is 2.90. The SMILES string of the molecule is COc1ccc(NS(=O)(=O)c2[nH]ncc2CO)c(C)c1. The number of aromatic amines is 1. The molecule has 8 heteroatoms. The minimum absolute atomic E-state index is 0.143. The van der Waals surface area contributed by atoms with E-state index in [4.69, 9.17) is 9.84 Å². The summed E-state index contributed by atoms with van der Waals surface area (Å²) in [7, 11) is -2.29. The molecule has 108 valence electrons. The van der Waals surface area contributed by atoms with Crippen molar-refractivity contribution in [1.82, 2.24) is 10.2 Å². The number of nitrogens with zero attached hydrogens (tertiary/aromatic N) is 1. The van der Waals surface area contributed by atoms with Crippen molar-refractivity contribution in [3.05, 3.63) is 35.5 Å². The van der Waals surface area contributed by atoms with Crippen molar-refractivity contribution in [2.75, 3.05) is 11.8 Å². The first-order valence-electron chi connectivity index (χ1n) is 5.78. The monoisotopic (exact) mass is 297 g/mol. The van der Waals surface area contributed by atoms with Gasteiger partial charge in [-0.3, -0.25) is 9.82 Å². The van der Waals surface area contributed by atoms with Crippen LogP contribution in [-0.4, -0.2) is 30.8 Å². The van der Waals surface area contributed by atoms with E-state index < -0.39 is 16.6 Å². The van der Waals surface area contributed by atoms with E-state index in [1.54, 1.807) is 25.1 Å². The number of sulfonamides is 1. The molecule has 0 amide bonds. The van der Waals surface area contributed by atoms with Crippen molar-refractivity contribution >= 4 is 15.7 Å². The molecule has 0 bridgehead atoms. The highest BCUT2D eigenvalue weighted by Gasteiger charge is 2.21. The zero-order valence-corrected chi connectivity index (χ0v) is 11.9. The van der Waals surface area contributed by atoms with Gasteiger partial charge in [-0.25, -0.2) is 0 Å². The highest BCUT2D eigenvalue weighted by atomic mass is 32.2. The quantitative estimate of drug-likeness (QED) is 0.764. The Hall–Kier alpha value is -2.06. The molecule has 0 unspecified atom stereocenters. The molecule has 1 aromatic carbocycles. The number of rotatable bonds is 5. The summed E-state index contributed by atoms with van der Waals surface area (Å²) in [5.41, 5.74) is 1.37. The first-order valence-corrected chi connectivity index (χ1v) is 7.27. The van der Waals surface area contributed by atoms with Crippen LogP contribution < -0.4 is 9.46 Å². The Kier molecular flexibility index (Phi) is 3.96. The van der Waals surface area contributed by atoms with E-state index >= 15 is 0 Å². The number of hydrogen-bond acceptors (Lipinski definition) is 5. The lowest BCUT2D eigenvalue weighted by Gasteiger charge is -2.11. The maximum atomic E-state index is 12.2. The molecule has 1 aromatic heterocycles. The van der Waals surface area contributed by atoms with E-state index in [1.165, 1.54) is 13.3 Å². The van der Waals surface area contributed by atoms with Crippen LogP contribution in [0.1, 0.15) is 11.1 Å². The summed E-state index contributed by atoms with van der Waals surface area (Å²) in [6, 6.07) is 4.99. The minimum atomic E-state index is -3.82. The molecule has 0 fully saturated rings. The number of ether oxygens (including phenoxy) is 1. The van der Waals surface area contributed by atoms with Crippen molar-refractivity contribution in [2.24, 2.45) is 0 Å². The molecular weight excluding hydrogens is 282 g/mol. The van der Waals surface area contributed by atoms with Gasteiger partial charge in [0.2, 0.25) is 0 Å². The molecule has 2 rings (SSSR count). The largest absolute Gasteiger partial charge is 0.497 e.